The number of ether oxygens (including phenoxy) is 5. The van der Waals surface area contributed by atoms with Gasteiger partial charge >= 0.3 is 0 Å². The van der Waals surface area contributed by atoms with Crippen LogP contribution in [0.3, 0.4) is 0 Å². The molecular formula is C49H49N5O8S. The standard InChI is InChI=1S/C49H49N5O8S/c1-58-43-22-37-39(51-26-34-20-32-9-3-5-11-41(32)53(34)48(37)56)24-45(43)61-28-30-17-31(19-36(18-30)60-15-8-7-13-47(55)50-14-16-63)29-62-46-25-40-38(23-44(46)59-2)49(57)54-35(27-52-40)21-33-10-4-6-12-42(33)54/h3-6,9-12,17-19,22,24-27,34-35,38,63H,7-8,13-16,20-21,23,28-29H2,1-2H3,(H,50,55)/t34-,35-,38?/m0/s1. The van der Waals surface area contributed by atoms with Crippen molar-refractivity contribution in [2.24, 2.45) is 15.9 Å². The second kappa shape index (κ2) is 18.4. The Kier molecular flexibility index (Phi) is 12.2. The van der Waals surface area contributed by atoms with Crippen molar-refractivity contribution in [3.63, 3.8) is 0 Å². The van der Waals surface area contributed by atoms with Gasteiger partial charge in [-0.1, -0.05) is 36.4 Å². The number of carbonyl (C=O) groups is 3. The first-order valence-corrected chi connectivity index (χ1v) is 22.0. The molecule has 14 heteroatoms. The van der Waals surface area contributed by atoms with Crippen molar-refractivity contribution in [1.29, 1.82) is 0 Å². The Hall–Kier alpha value is -6.54. The van der Waals surface area contributed by atoms with Crippen molar-refractivity contribution in [3.8, 4) is 17.2 Å². The van der Waals surface area contributed by atoms with Crippen LogP contribution in [0.1, 0.15) is 58.3 Å². The number of rotatable bonds is 16. The Morgan fingerprint density at radius 1 is 0.778 bits per heavy atom. The summed E-state index contributed by atoms with van der Waals surface area (Å²) < 4.78 is 30.7. The van der Waals surface area contributed by atoms with Crippen LogP contribution < -0.4 is 29.3 Å². The maximum atomic E-state index is 14.0. The van der Waals surface area contributed by atoms with E-state index < -0.39 is 5.92 Å². The highest BCUT2D eigenvalue weighted by Gasteiger charge is 2.42. The molecule has 4 aromatic carbocycles. The van der Waals surface area contributed by atoms with Crippen LogP contribution >= 0.6 is 12.6 Å². The molecule has 0 bridgehead atoms. The van der Waals surface area contributed by atoms with Gasteiger partial charge in [0.05, 0.1) is 55.8 Å². The largest absolute Gasteiger partial charge is 0.497 e. The molecule has 63 heavy (non-hydrogen) atoms. The number of hydrogen-bond acceptors (Lipinski definition) is 11. The fraction of sp³-hybridized carbons (Fsp3) is 0.327. The third kappa shape index (κ3) is 8.64. The summed E-state index contributed by atoms with van der Waals surface area (Å²) in [5, 5.41) is 2.85. The highest BCUT2D eigenvalue weighted by atomic mass is 32.1. The molecule has 0 saturated carbocycles. The number of aliphatic imine (C=N–C) groups is 2. The first-order chi connectivity index (χ1) is 30.8. The van der Waals surface area contributed by atoms with Crippen LogP contribution in [0, 0.1) is 5.92 Å². The number of hydrogen-bond donors (Lipinski definition) is 2. The van der Waals surface area contributed by atoms with Gasteiger partial charge in [0.1, 0.15) is 24.7 Å². The van der Waals surface area contributed by atoms with E-state index in [2.05, 4.69) is 24.0 Å². The third-order valence-corrected chi connectivity index (χ3v) is 12.2. The molecule has 0 saturated heterocycles. The smallest absolute Gasteiger partial charge is 0.261 e. The molecule has 13 nitrogen and oxygen atoms in total. The predicted molar refractivity (Wildman–Crippen MR) is 244 cm³/mol. The highest BCUT2D eigenvalue weighted by molar-refractivity contribution is 7.80. The molecule has 4 heterocycles. The van der Waals surface area contributed by atoms with Crippen molar-refractivity contribution in [2.75, 3.05) is 42.9 Å². The van der Waals surface area contributed by atoms with Crippen molar-refractivity contribution in [3.05, 3.63) is 130 Å². The van der Waals surface area contributed by atoms with E-state index in [-0.39, 0.29) is 43.0 Å². The summed E-state index contributed by atoms with van der Waals surface area (Å²) in [6, 6.07) is 24.9. The first kappa shape index (κ1) is 41.8. The van der Waals surface area contributed by atoms with Crippen molar-refractivity contribution in [2.45, 2.75) is 63.8 Å². The lowest BCUT2D eigenvalue weighted by atomic mass is 9.93. The Balaban J connectivity index is 0.929. The molecular weight excluding hydrogens is 819 g/mol. The molecule has 3 amide bonds. The monoisotopic (exact) mass is 867 g/mol. The Bertz CT molecular complexity index is 2570. The number of para-hydroxylation sites is 2. The molecule has 1 N–H and O–H groups in total. The summed E-state index contributed by atoms with van der Waals surface area (Å²) in [6.45, 7) is 1.24. The lowest BCUT2D eigenvalue weighted by Crippen LogP contribution is -2.41. The minimum atomic E-state index is -0.503. The Morgan fingerprint density at radius 3 is 2.21 bits per heavy atom. The number of allylic oxidation sites excluding steroid dienone is 2. The van der Waals surface area contributed by atoms with Crippen LogP contribution in [0.25, 0.3) is 0 Å². The third-order valence-electron chi connectivity index (χ3n) is 11.9. The van der Waals surface area contributed by atoms with Crippen molar-refractivity contribution >= 4 is 59.8 Å². The second-order valence-corrected chi connectivity index (χ2v) is 16.5. The normalized spacial score (nSPS) is 19.2. The number of benzene rings is 4. The van der Waals surface area contributed by atoms with E-state index in [1.54, 1.807) is 31.3 Å². The van der Waals surface area contributed by atoms with Crippen LogP contribution in [0.5, 0.6) is 17.2 Å². The van der Waals surface area contributed by atoms with Gasteiger partial charge in [0.15, 0.2) is 17.3 Å². The summed E-state index contributed by atoms with van der Waals surface area (Å²) in [7, 11) is 3.13. The van der Waals surface area contributed by atoms with Gasteiger partial charge in [0, 0.05) is 73.9 Å². The average molecular weight is 868 g/mol. The summed E-state index contributed by atoms with van der Waals surface area (Å²) in [4.78, 5) is 53.4. The van der Waals surface area contributed by atoms with Gasteiger partial charge < -0.3 is 33.9 Å². The van der Waals surface area contributed by atoms with E-state index >= 15 is 0 Å². The molecule has 0 aromatic heterocycles. The SMILES string of the molecule is COC1=C(OCc2cc(COc3cc4c(cc3OC)C(=O)N3c5ccccc5C[C@H]3C=N4)cc(OCCCCC(=O)NCCS)c2)C=C2N=C[C@@H]3Cc4ccccc4N3C(=O)C2C1. The van der Waals surface area contributed by atoms with E-state index in [9.17, 15) is 14.4 Å². The van der Waals surface area contributed by atoms with Crippen LogP contribution in [-0.2, 0) is 45.1 Å². The molecule has 4 aromatic rings. The number of nitrogens with one attached hydrogen (secondary N) is 1. The van der Waals surface area contributed by atoms with Gasteiger partial charge in [-0.15, -0.1) is 0 Å². The lowest BCUT2D eigenvalue weighted by molar-refractivity contribution is -0.122. The number of fused-ring (bicyclic) bond motifs is 8. The van der Waals surface area contributed by atoms with Gasteiger partial charge in [-0.05, 0) is 71.5 Å². The van der Waals surface area contributed by atoms with E-state index in [1.807, 2.05) is 84.1 Å². The van der Waals surface area contributed by atoms with E-state index in [0.29, 0.717) is 96.7 Å². The number of carbonyl (C=O) groups excluding carboxylic acids is 3. The first-order valence-electron chi connectivity index (χ1n) is 21.3. The van der Waals surface area contributed by atoms with Gasteiger partial charge in [0.2, 0.25) is 11.8 Å². The quantitative estimate of drug-likeness (QED) is 0.0874. The number of nitrogens with zero attached hydrogens (tertiary/aromatic N) is 4. The maximum absolute atomic E-state index is 14.0. The lowest BCUT2D eigenvalue weighted by Gasteiger charge is -2.28. The Labute approximate surface area is 371 Å². The second-order valence-electron chi connectivity index (χ2n) is 16.0. The number of anilines is 2. The fourth-order valence-corrected chi connectivity index (χ4v) is 8.97. The van der Waals surface area contributed by atoms with E-state index in [4.69, 9.17) is 33.7 Å². The predicted octanol–water partition coefficient (Wildman–Crippen LogP) is 7.48. The van der Waals surface area contributed by atoms with E-state index in [1.165, 1.54) is 0 Å². The average Bonchev–Trinajstić information content (AvgIpc) is 3.80. The molecule has 3 atom stereocenters. The maximum Gasteiger partial charge on any atom is 0.261 e. The number of amides is 3. The van der Waals surface area contributed by atoms with Gasteiger partial charge in [-0.25, -0.2) is 0 Å². The van der Waals surface area contributed by atoms with Crippen molar-refractivity contribution < 1.29 is 38.1 Å². The topological polar surface area (TPSA) is 141 Å². The van der Waals surface area contributed by atoms with Gasteiger partial charge in [-0.3, -0.25) is 29.3 Å². The van der Waals surface area contributed by atoms with E-state index in [0.717, 1.165) is 40.0 Å². The molecule has 1 aliphatic carbocycles. The summed E-state index contributed by atoms with van der Waals surface area (Å²) in [6.07, 6.45) is 9.00. The molecule has 4 aliphatic heterocycles. The highest BCUT2D eigenvalue weighted by Crippen LogP contribution is 2.42. The summed E-state index contributed by atoms with van der Waals surface area (Å²) in [5.74, 6) is 2.45. The minimum absolute atomic E-state index is 0.00468. The number of unbranched alkanes of at least 4 members (excludes halogenated alkanes) is 1. The Morgan fingerprint density at radius 2 is 1.48 bits per heavy atom. The van der Waals surface area contributed by atoms with Crippen LogP contribution in [-0.4, -0.2) is 75.4 Å². The minimum Gasteiger partial charge on any atom is -0.497 e. The molecule has 0 spiro atoms. The van der Waals surface area contributed by atoms with Gasteiger partial charge in [0.25, 0.3) is 5.91 Å². The van der Waals surface area contributed by atoms with Crippen LogP contribution in [0.15, 0.2) is 112 Å². The van der Waals surface area contributed by atoms with Crippen LogP contribution in [0.2, 0.25) is 0 Å². The number of thiol groups is 1. The number of methoxy groups -OCH3 is 2. The zero-order valence-corrected chi connectivity index (χ0v) is 36.1. The molecule has 5 aliphatic rings. The molecule has 324 valence electrons. The molecule has 0 radical (unpaired) electrons. The van der Waals surface area contributed by atoms with Gasteiger partial charge in [-0.2, -0.15) is 12.6 Å². The summed E-state index contributed by atoms with van der Waals surface area (Å²) >= 11 is 4.16. The summed E-state index contributed by atoms with van der Waals surface area (Å²) in [5.41, 5.74) is 7.25. The van der Waals surface area contributed by atoms with Crippen molar-refractivity contribution in [1.82, 2.24) is 5.32 Å². The molecule has 0 fully saturated rings. The molecule has 9 rings (SSSR count). The zero-order valence-electron chi connectivity index (χ0n) is 35.2. The van der Waals surface area contributed by atoms with Crippen LogP contribution in [0.4, 0.5) is 17.1 Å². The fourth-order valence-electron chi connectivity index (χ4n) is 8.86. The molecule has 1 unspecified atom stereocenters. The zero-order chi connectivity index (χ0) is 43.5.